The van der Waals surface area contributed by atoms with Crippen molar-refractivity contribution in [3.63, 3.8) is 0 Å². The van der Waals surface area contributed by atoms with Gasteiger partial charge in [-0.15, -0.1) is 0 Å². The minimum atomic E-state index is -0.947. The van der Waals surface area contributed by atoms with Gasteiger partial charge in [-0.05, 0) is 31.2 Å². The molecule has 2 N–H and O–H groups in total. The van der Waals surface area contributed by atoms with E-state index in [9.17, 15) is 9.90 Å². The van der Waals surface area contributed by atoms with Crippen molar-refractivity contribution in [2.45, 2.75) is 13.0 Å². The fraction of sp³-hybridized carbons (Fsp3) is 0.375. The number of nitrogens with zero attached hydrogens (tertiary/aromatic N) is 1. The van der Waals surface area contributed by atoms with Crippen LogP contribution < -0.4 is 10.1 Å². The fourth-order valence-electron chi connectivity index (χ4n) is 2.11. The number of hydrogen-bond acceptors (Lipinski definition) is 6. The summed E-state index contributed by atoms with van der Waals surface area (Å²) in [4.78, 5) is 12.4. The van der Waals surface area contributed by atoms with E-state index in [1.165, 1.54) is 6.92 Å². The molecular weight excluding hydrogens is 300 g/mol. The highest BCUT2D eigenvalue weighted by molar-refractivity contribution is 6.01. The highest BCUT2D eigenvalue weighted by Crippen LogP contribution is 2.30. The maximum Gasteiger partial charge on any atom is 0.257 e. The molecule has 1 unspecified atom stereocenters. The van der Waals surface area contributed by atoms with Crippen molar-refractivity contribution in [3.05, 3.63) is 35.6 Å². The highest BCUT2D eigenvalue weighted by Gasteiger charge is 2.26. The molecule has 0 spiro atoms. The number of carbonyl (C=O) groups excluding carboxylic acids is 1. The summed E-state index contributed by atoms with van der Waals surface area (Å²) in [6.07, 6.45) is -0.947. The Labute approximate surface area is 134 Å². The lowest BCUT2D eigenvalue weighted by molar-refractivity contribution is 0.0924. The zero-order valence-electron chi connectivity index (χ0n) is 13.3. The second-order valence-electron chi connectivity index (χ2n) is 4.92. The summed E-state index contributed by atoms with van der Waals surface area (Å²) in [7, 11) is 3.13. The number of aliphatic hydroxyl groups is 1. The number of rotatable bonds is 7. The van der Waals surface area contributed by atoms with Crippen LogP contribution in [0.4, 0.5) is 0 Å². The van der Waals surface area contributed by atoms with Gasteiger partial charge in [0.05, 0.1) is 13.7 Å². The van der Waals surface area contributed by atoms with Crippen LogP contribution in [0.25, 0.3) is 11.3 Å². The molecule has 1 aromatic heterocycles. The van der Waals surface area contributed by atoms with Gasteiger partial charge < -0.3 is 24.4 Å². The molecule has 0 fully saturated rings. The second kappa shape index (κ2) is 7.75. The Kier molecular flexibility index (Phi) is 5.72. The van der Waals surface area contributed by atoms with Gasteiger partial charge in [0.2, 0.25) is 0 Å². The molecular formula is C16H20N2O5. The van der Waals surface area contributed by atoms with Crippen LogP contribution in [0.2, 0.25) is 0 Å². The van der Waals surface area contributed by atoms with Crippen molar-refractivity contribution in [1.82, 2.24) is 10.5 Å². The first-order valence-corrected chi connectivity index (χ1v) is 7.17. The normalized spacial score (nSPS) is 12.0. The van der Waals surface area contributed by atoms with Crippen molar-refractivity contribution in [3.8, 4) is 17.0 Å². The Hall–Kier alpha value is -2.38. The molecule has 0 aliphatic carbocycles. The van der Waals surface area contributed by atoms with Crippen molar-refractivity contribution < 1.29 is 23.9 Å². The minimum Gasteiger partial charge on any atom is -0.497 e. The van der Waals surface area contributed by atoms with Crippen LogP contribution in [0.15, 0.2) is 28.8 Å². The molecule has 124 valence electrons. The quantitative estimate of drug-likeness (QED) is 0.755. The van der Waals surface area contributed by atoms with Crippen LogP contribution in [0.3, 0.4) is 0 Å². The lowest BCUT2D eigenvalue weighted by Crippen LogP contribution is -2.28. The Bertz CT molecular complexity index is 649. The van der Waals surface area contributed by atoms with E-state index in [2.05, 4.69) is 10.5 Å². The molecule has 1 aromatic carbocycles. The number of benzene rings is 1. The van der Waals surface area contributed by atoms with Crippen molar-refractivity contribution in [2.24, 2.45) is 0 Å². The second-order valence-corrected chi connectivity index (χ2v) is 4.92. The number of aliphatic hydroxyl groups excluding tert-OH is 1. The van der Waals surface area contributed by atoms with Crippen LogP contribution in [-0.4, -0.2) is 43.5 Å². The maximum absolute atomic E-state index is 12.4. The van der Waals surface area contributed by atoms with Crippen LogP contribution in [0, 0.1) is 0 Å². The first kappa shape index (κ1) is 17.0. The van der Waals surface area contributed by atoms with Gasteiger partial charge in [-0.1, -0.05) is 5.16 Å². The molecule has 0 bridgehead atoms. The highest BCUT2D eigenvalue weighted by atomic mass is 16.5. The summed E-state index contributed by atoms with van der Waals surface area (Å²) >= 11 is 0. The zero-order chi connectivity index (χ0) is 16.8. The molecule has 1 amide bonds. The van der Waals surface area contributed by atoms with E-state index in [0.29, 0.717) is 30.2 Å². The monoisotopic (exact) mass is 320 g/mol. The summed E-state index contributed by atoms with van der Waals surface area (Å²) in [6, 6.07) is 7.07. The van der Waals surface area contributed by atoms with Gasteiger partial charge in [-0.3, -0.25) is 4.79 Å². The molecule has 2 aromatic rings. The SMILES string of the molecule is COCCNC(=O)c1c(-c2ccc(OC)cc2)noc1C(C)O. The molecule has 0 saturated heterocycles. The van der Waals surface area contributed by atoms with Gasteiger partial charge >= 0.3 is 0 Å². The van der Waals surface area contributed by atoms with Gasteiger partial charge in [0.25, 0.3) is 5.91 Å². The molecule has 0 aliphatic heterocycles. The fourth-order valence-corrected chi connectivity index (χ4v) is 2.11. The van der Waals surface area contributed by atoms with Crippen molar-refractivity contribution >= 4 is 5.91 Å². The average Bonchev–Trinajstić information content (AvgIpc) is 3.00. The lowest BCUT2D eigenvalue weighted by Gasteiger charge is -2.08. The van der Waals surface area contributed by atoms with E-state index >= 15 is 0 Å². The van der Waals surface area contributed by atoms with E-state index < -0.39 is 6.10 Å². The average molecular weight is 320 g/mol. The Morgan fingerprint density at radius 1 is 1.35 bits per heavy atom. The van der Waals surface area contributed by atoms with Gasteiger partial charge in [0.1, 0.15) is 23.1 Å². The summed E-state index contributed by atoms with van der Waals surface area (Å²) in [5.74, 6) is 0.454. The van der Waals surface area contributed by atoms with E-state index in [1.807, 2.05) is 0 Å². The Morgan fingerprint density at radius 3 is 2.61 bits per heavy atom. The molecule has 1 heterocycles. The predicted octanol–water partition coefficient (Wildman–Crippen LogP) is 1.78. The molecule has 0 saturated carbocycles. The topological polar surface area (TPSA) is 93.8 Å². The summed E-state index contributed by atoms with van der Waals surface area (Å²) in [6.45, 7) is 2.25. The Balaban J connectivity index is 2.37. The molecule has 1 atom stereocenters. The molecule has 0 radical (unpaired) electrons. The molecule has 0 aliphatic rings. The van der Waals surface area contributed by atoms with Gasteiger partial charge in [-0.2, -0.15) is 0 Å². The van der Waals surface area contributed by atoms with Crippen LogP contribution in [0.1, 0.15) is 29.1 Å². The number of nitrogens with one attached hydrogen (secondary N) is 1. The van der Waals surface area contributed by atoms with Crippen LogP contribution in [0.5, 0.6) is 5.75 Å². The number of aromatic nitrogens is 1. The number of methoxy groups -OCH3 is 2. The van der Waals surface area contributed by atoms with Gasteiger partial charge in [-0.25, -0.2) is 0 Å². The molecule has 7 nitrogen and oxygen atoms in total. The number of amides is 1. The summed E-state index contributed by atoms with van der Waals surface area (Å²) in [5, 5.41) is 16.5. The summed E-state index contributed by atoms with van der Waals surface area (Å²) < 4.78 is 15.2. The third-order valence-corrected chi connectivity index (χ3v) is 3.28. The minimum absolute atomic E-state index is 0.130. The van der Waals surface area contributed by atoms with Gasteiger partial charge in [0.15, 0.2) is 5.76 Å². The molecule has 2 rings (SSSR count). The van der Waals surface area contributed by atoms with Crippen molar-refractivity contribution in [1.29, 1.82) is 0 Å². The van der Waals surface area contributed by atoms with Crippen LogP contribution in [-0.2, 0) is 4.74 Å². The van der Waals surface area contributed by atoms with E-state index in [0.717, 1.165) is 0 Å². The number of ether oxygens (including phenoxy) is 2. The smallest absolute Gasteiger partial charge is 0.257 e. The first-order chi connectivity index (χ1) is 11.1. The summed E-state index contributed by atoms with van der Waals surface area (Å²) in [5.41, 5.74) is 1.29. The standard InChI is InChI=1S/C16H20N2O5/c1-10(19)15-13(16(20)17-8-9-21-2)14(18-23-15)11-4-6-12(22-3)7-5-11/h4-7,10,19H,8-9H2,1-3H3,(H,17,20). The van der Waals surface area contributed by atoms with Gasteiger partial charge in [0, 0.05) is 19.2 Å². The Morgan fingerprint density at radius 2 is 2.04 bits per heavy atom. The third kappa shape index (κ3) is 3.88. The molecule has 23 heavy (non-hydrogen) atoms. The predicted molar refractivity (Wildman–Crippen MR) is 83.3 cm³/mol. The van der Waals surface area contributed by atoms with E-state index in [4.69, 9.17) is 14.0 Å². The molecule has 7 heteroatoms. The van der Waals surface area contributed by atoms with E-state index in [-0.39, 0.29) is 17.2 Å². The zero-order valence-corrected chi connectivity index (χ0v) is 13.3. The maximum atomic E-state index is 12.4. The van der Waals surface area contributed by atoms with Crippen molar-refractivity contribution in [2.75, 3.05) is 27.4 Å². The third-order valence-electron chi connectivity index (χ3n) is 3.28. The number of hydrogen-bond donors (Lipinski definition) is 2. The largest absolute Gasteiger partial charge is 0.497 e. The van der Waals surface area contributed by atoms with Crippen LogP contribution >= 0.6 is 0 Å². The first-order valence-electron chi connectivity index (χ1n) is 7.17. The number of carbonyl (C=O) groups is 1. The van der Waals surface area contributed by atoms with E-state index in [1.54, 1.807) is 38.5 Å². The lowest BCUT2D eigenvalue weighted by atomic mass is 10.0.